The van der Waals surface area contributed by atoms with Crippen molar-refractivity contribution in [2.24, 2.45) is 5.92 Å². The Hall–Kier alpha value is -1.42. The molecule has 1 amide bonds. The summed E-state index contributed by atoms with van der Waals surface area (Å²) in [5, 5.41) is 5.99. The van der Waals surface area contributed by atoms with E-state index in [0.717, 1.165) is 12.0 Å². The van der Waals surface area contributed by atoms with Gasteiger partial charge in [-0.05, 0) is 24.5 Å². The Labute approximate surface area is 93.0 Å². The molecule has 16 heavy (non-hydrogen) atoms. The molecule has 0 spiro atoms. The number of hydrogen-bond acceptors (Lipinski definition) is 2. The highest BCUT2D eigenvalue weighted by molar-refractivity contribution is 6.02. The zero-order valence-electron chi connectivity index (χ0n) is 8.96. The molecule has 2 N–H and O–H groups in total. The van der Waals surface area contributed by atoms with E-state index in [0.29, 0.717) is 17.6 Å². The molecule has 1 saturated carbocycles. The van der Waals surface area contributed by atoms with Gasteiger partial charge in [0, 0.05) is 17.3 Å². The lowest BCUT2D eigenvalue weighted by Gasteiger charge is -2.10. The minimum Gasteiger partial charge on any atom is -0.324 e. The lowest BCUT2D eigenvalue weighted by Crippen LogP contribution is -2.29. The molecule has 0 radical (unpaired) electrons. The number of amides is 1. The molecule has 3 atom stereocenters. The van der Waals surface area contributed by atoms with E-state index in [1.807, 2.05) is 0 Å². The van der Waals surface area contributed by atoms with Gasteiger partial charge in [0.05, 0.1) is 0 Å². The molecule has 84 valence electrons. The fourth-order valence-corrected chi connectivity index (χ4v) is 2.17. The second-order valence-corrected chi connectivity index (χ2v) is 4.64. The third-order valence-corrected chi connectivity index (χ3v) is 3.34. The molecule has 3 unspecified atom stereocenters. The van der Waals surface area contributed by atoms with Crippen LogP contribution in [0.5, 0.6) is 0 Å². The Morgan fingerprint density at radius 1 is 1.50 bits per heavy atom. The minimum atomic E-state index is -0.320. The molecule has 0 aromatic heterocycles. The number of anilines is 1. The third kappa shape index (κ3) is 1.50. The summed E-state index contributed by atoms with van der Waals surface area (Å²) < 4.78 is 13.0. The molecule has 3 rings (SSSR count). The van der Waals surface area contributed by atoms with Crippen molar-refractivity contribution in [3.63, 3.8) is 0 Å². The van der Waals surface area contributed by atoms with Crippen LogP contribution in [0.4, 0.5) is 10.1 Å². The van der Waals surface area contributed by atoms with Crippen LogP contribution in [0.1, 0.15) is 24.9 Å². The molecule has 4 heteroatoms. The Morgan fingerprint density at radius 2 is 2.25 bits per heavy atom. The maximum Gasteiger partial charge on any atom is 0.246 e. The molecule has 1 aromatic carbocycles. The molecule has 0 bridgehead atoms. The number of halogens is 1. The number of hydrogen-bond donors (Lipinski definition) is 2. The molecular weight excluding hydrogens is 207 g/mol. The highest BCUT2D eigenvalue weighted by atomic mass is 19.1. The minimum absolute atomic E-state index is 0.0836. The van der Waals surface area contributed by atoms with Crippen LogP contribution < -0.4 is 10.6 Å². The maximum absolute atomic E-state index is 13.0. The summed E-state index contributed by atoms with van der Waals surface area (Å²) in [4.78, 5) is 11.7. The fraction of sp³-hybridized carbons (Fsp3) is 0.417. The van der Waals surface area contributed by atoms with Gasteiger partial charge in [0.25, 0.3) is 0 Å². The highest BCUT2D eigenvalue weighted by Crippen LogP contribution is 2.36. The first-order valence-electron chi connectivity index (χ1n) is 5.51. The molecule has 3 nitrogen and oxygen atoms in total. The first-order valence-corrected chi connectivity index (χ1v) is 5.51. The van der Waals surface area contributed by atoms with Gasteiger partial charge in [-0.3, -0.25) is 10.1 Å². The molecule has 1 fully saturated rings. The maximum atomic E-state index is 13.0. The average molecular weight is 220 g/mol. The van der Waals surface area contributed by atoms with Crippen LogP contribution in [0.15, 0.2) is 18.2 Å². The Morgan fingerprint density at radius 3 is 2.94 bits per heavy atom. The Bertz CT molecular complexity index is 460. The van der Waals surface area contributed by atoms with Crippen molar-refractivity contribution in [1.29, 1.82) is 0 Å². The first-order chi connectivity index (χ1) is 7.65. The van der Waals surface area contributed by atoms with Crippen LogP contribution in [0.2, 0.25) is 0 Å². The van der Waals surface area contributed by atoms with Gasteiger partial charge in [0.1, 0.15) is 11.9 Å². The molecule has 2 aliphatic rings. The van der Waals surface area contributed by atoms with Gasteiger partial charge in [-0.1, -0.05) is 13.0 Å². The third-order valence-electron chi connectivity index (χ3n) is 3.34. The number of benzene rings is 1. The number of carbonyl (C=O) groups is 1. The quantitative estimate of drug-likeness (QED) is 0.798. The second kappa shape index (κ2) is 3.28. The predicted molar refractivity (Wildman–Crippen MR) is 58.5 cm³/mol. The van der Waals surface area contributed by atoms with Gasteiger partial charge in [-0.2, -0.15) is 0 Å². The highest BCUT2D eigenvalue weighted by Gasteiger charge is 2.39. The second-order valence-electron chi connectivity index (χ2n) is 4.64. The summed E-state index contributed by atoms with van der Waals surface area (Å²) in [6.07, 6.45) is 1.11. The van der Waals surface area contributed by atoms with E-state index in [-0.39, 0.29) is 17.8 Å². The molecule has 0 saturated heterocycles. The average Bonchev–Trinajstić information content (AvgIpc) is 2.82. The van der Waals surface area contributed by atoms with Gasteiger partial charge in [-0.25, -0.2) is 4.39 Å². The molecule has 1 aromatic rings. The molecule has 1 aliphatic carbocycles. The Balaban J connectivity index is 1.87. The van der Waals surface area contributed by atoms with Gasteiger partial charge in [0.2, 0.25) is 5.91 Å². The SMILES string of the molecule is CC1CC1NC1C(=O)Nc2cc(F)ccc21. The predicted octanol–water partition coefficient (Wildman–Crippen LogP) is 1.82. The summed E-state index contributed by atoms with van der Waals surface area (Å²) in [5.41, 5.74) is 1.45. The summed E-state index contributed by atoms with van der Waals surface area (Å²) in [5.74, 6) is 0.233. The van der Waals surface area contributed by atoms with Crippen molar-refractivity contribution >= 4 is 11.6 Å². The van der Waals surface area contributed by atoms with Crippen LogP contribution in [0.25, 0.3) is 0 Å². The van der Waals surface area contributed by atoms with Crippen LogP contribution in [-0.2, 0) is 4.79 Å². The van der Waals surface area contributed by atoms with E-state index in [2.05, 4.69) is 17.6 Å². The number of rotatable bonds is 2. The van der Waals surface area contributed by atoms with Gasteiger partial charge in [-0.15, -0.1) is 0 Å². The van der Waals surface area contributed by atoms with E-state index in [9.17, 15) is 9.18 Å². The van der Waals surface area contributed by atoms with Crippen LogP contribution in [-0.4, -0.2) is 11.9 Å². The summed E-state index contributed by atoms with van der Waals surface area (Å²) in [6, 6.07) is 4.54. The van der Waals surface area contributed by atoms with Crippen LogP contribution in [0.3, 0.4) is 0 Å². The van der Waals surface area contributed by atoms with E-state index in [1.165, 1.54) is 12.1 Å². The summed E-state index contributed by atoms with van der Waals surface area (Å²) in [6.45, 7) is 2.15. The lowest BCUT2D eigenvalue weighted by atomic mass is 10.1. The first kappa shape index (κ1) is 9.78. The van der Waals surface area contributed by atoms with E-state index in [1.54, 1.807) is 6.07 Å². The fourth-order valence-electron chi connectivity index (χ4n) is 2.17. The zero-order chi connectivity index (χ0) is 11.3. The van der Waals surface area contributed by atoms with E-state index < -0.39 is 0 Å². The van der Waals surface area contributed by atoms with Crippen molar-refractivity contribution in [2.45, 2.75) is 25.4 Å². The molecule has 1 aliphatic heterocycles. The van der Waals surface area contributed by atoms with Gasteiger partial charge >= 0.3 is 0 Å². The van der Waals surface area contributed by atoms with Gasteiger partial charge in [0.15, 0.2) is 0 Å². The molecular formula is C12H13FN2O. The van der Waals surface area contributed by atoms with Crippen molar-refractivity contribution in [3.05, 3.63) is 29.6 Å². The number of nitrogens with one attached hydrogen (secondary N) is 2. The van der Waals surface area contributed by atoms with Crippen molar-refractivity contribution in [3.8, 4) is 0 Å². The Kier molecular flexibility index (Phi) is 2.01. The number of carbonyl (C=O) groups excluding carboxylic acids is 1. The molecule has 1 heterocycles. The van der Waals surface area contributed by atoms with E-state index >= 15 is 0 Å². The van der Waals surface area contributed by atoms with Gasteiger partial charge < -0.3 is 5.32 Å². The number of fused-ring (bicyclic) bond motifs is 1. The summed E-state index contributed by atoms with van der Waals surface area (Å²) >= 11 is 0. The monoisotopic (exact) mass is 220 g/mol. The standard InChI is InChI=1S/C12H13FN2O/c1-6-4-9(6)14-11-8-3-2-7(13)5-10(8)15-12(11)16/h2-3,5-6,9,11,14H,4H2,1H3,(H,15,16). The zero-order valence-corrected chi connectivity index (χ0v) is 8.96. The van der Waals surface area contributed by atoms with Crippen LogP contribution in [0, 0.1) is 11.7 Å². The van der Waals surface area contributed by atoms with Crippen molar-refractivity contribution < 1.29 is 9.18 Å². The van der Waals surface area contributed by atoms with Crippen molar-refractivity contribution in [1.82, 2.24) is 5.32 Å². The van der Waals surface area contributed by atoms with Crippen molar-refractivity contribution in [2.75, 3.05) is 5.32 Å². The normalized spacial score (nSPS) is 31.1. The van der Waals surface area contributed by atoms with E-state index in [4.69, 9.17) is 0 Å². The largest absolute Gasteiger partial charge is 0.324 e. The smallest absolute Gasteiger partial charge is 0.246 e. The topological polar surface area (TPSA) is 41.1 Å². The summed E-state index contributed by atoms with van der Waals surface area (Å²) in [7, 11) is 0. The lowest BCUT2D eigenvalue weighted by molar-refractivity contribution is -0.117. The van der Waals surface area contributed by atoms with Crippen LogP contribution >= 0.6 is 0 Å².